The first-order valence-corrected chi connectivity index (χ1v) is 4.44. The van der Waals surface area contributed by atoms with Crippen molar-refractivity contribution in [3.63, 3.8) is 0 Å². The van der Waals surface area contributed by atoms with Crippen LogP contribution in [0.1, 0.15) is 11.1 Å². The van der Waals surface area contributed by atoms with E-state index in [0.717, 1.165) is 6.07 Å². The highest BCUT2D eigenvalue weighted by atomic mass is 19.4. The van der Waals surface area contributed by atoms with Crippen LogP contribution in [0.3, 0.4) is 0 Å². The molecule has 0 radical (unpaired) electrons. The zero-order valence-corrected chi connectivity index (χ0v) is 8.56. The van der Waals surface area contributed by atoms with E-state index >= 15 is 0 Å². The second kappa shape index (κ2) is 4.76. The molecule has 0 saturated carbocycles. The highest BCUT2D eigenvalue weighted by Crippen LogP contribution is 2.33. The molecule has 2 nitrogen and oxygen atoms in total. The van der Waals surface area contributed by atoms with Crippen LogP contribution in [-0.4, -0.2) is 12.8 Å². The van der Waals surface area contributed by atoms with Crippen LogP contribution in [-0.2, 0) is 6.18 Å². The largest absolute Gasteiger partial charge is 0.484 e. The Morgan fingerprint density at radius 3 is 2.17 bits per heavy atom. The van der Waals surface area contributed by atoms with Gasteiger partial charge in [-0.15, -0.1) is 0 Å². The Kier molecular flexibility index (Phi) is 3.74. The summed E-state index contributed by atoms with van der Waals surface area (Å²) in [5.74, 6) is -0.447. The number of nitriles is 1. The van der Waals surface area contributed by atoms with Crippen molar-refractivity contribution in [2.24, 2.45) is 0 Å². The molecule has 8 heteroatoms. The number of benzene rings is 1. The van der Waals surface area contributed by atoms with E-state index in [9.17, 15) is 26.3 Å². The molecule has 1 aromatic rings. The molecule has 0 saturated heterocycles. The Balaban J connectivity index is 2.97. The molecular weight excluding hydrogens is 264 g/mol. The third-order valence-corrected chi connectivity index (χ3v) is 1.82. The summed E-state index contributed by atoms with van der Waals surface area (Å²) in [6, 6.07) is 3.11. The normalized spacial score (nSPS) is 12.1. The third kappa shape index (κ3) is 3.84. The van der Waals surface area contributed by atoms with Crippen molar-refractivity contribution in [2.75, 3.05) is 6.61 Å². The van der Waals surface area contributed by atoms with E-state index in [4.69, 9.17) is 5.26 Å². The van der Waals surface area contributed by atoms with Crippen molar-refractivity contribution < 1.29 is 31.1 Å². The summed E-state index contributed by atoms with van der Waals surface area (Å²) < 4.78 is 76.8. The van der Waals surface area contributed by atoms with E-state index < -0.39 is 35.8 Å². The molecule has 0 N–H and O–H groups in total. The number of hydrogen-bond donors (Lipinski definition) is 0. The fourth-order valence-electron chi connectivity index (χ4n) is 1.12. The molecule has 0 amide bonds. The predicted molar refractivity (Wildman–Crippen MR) is 47.7 cm³/mol. The van der Waals surface area contributed by atoms with Gasteiger partial charge in [0.15, 0.2) is 6.61 Å². The van der Waals surface area contributed by atoms with Gasteiger partial charge >= 0.3 is 12.4 Å². The first-order valence-electron chi connectivity index (χ1n) is 4.44. The topological polar surface area (TPSA) is 33.0 Å². The molecular formula is C10H5F6NO. The summed E-state index contributed by atoms with van der Waals surface area (Å²) in [6.45, 7) is -1.64. The molecule has 1 aromatic carbocycles. The maximum Gasteiger partial charge on any atom is 0.422 e. The molecule has 0 unspecified atom stereocenters. The third-order valence-electron chi connectivity index (χ3n) is 1.82. The van der Waals surface area contributed by atoms with Gasteiger partial charge in [-0.1, -0.05) is 0 Å². The van der Waals surface area contributed by atoms with Crippen molar-refractivity contribution in [1.29, 1.82) is 5.26 Å². The average molecular weight is 269 g/mol. The first kappa shape index (κ1) is 14.2. The minimum absolute atomic E-state index is 0.447. The van der Waals surface area contributed by atoms with Gasteiger partial charge < -0.3 is 4.74 Å². The molecule has 0 aliphatic carbocycles. The van der Waals surface area contributed by atoms with Crippen LogP contribution >= 0.6 is 0 Å². The maximum atomic E-state index is 12.4. The SMILES string of the molecule is N#Cc1cc(OCC(F)(F)F)ccc1C(F)(F)F. The van der Waals surface area contributed by atoms with E-state index in [1.807, 2.05) is 0 Å². The summed E-state index contributed by atoms with van der Waals surface area (Å²) in [5, 5.41) is 8.51. The van der Waals surface area contributed by atoms with Gasteiger partial charge in [0.25, 0.3) is 0 Å². The summed E-state index contributed by atoms with van der Waals surface area (Å²) in [5.41, 5.74) is -2.01. The van der Waals surface area contributed by atoms with Crippen LogP contribution in [0.15, 0.2) is 18.2 Å². The molecule has 98 valence electrons. The molecule has 0 spiro atoms. The van der Waals surface area contributed by atoms with Crippen molar-refractivity contribution >= 4 is 0 Å². The van der Waals surface area contributed by atoms with Crippen LogP contribution < -0.4 is 4.74 Å². The van der Waals surface area contributed by atoms with Gasteiger partial charge in [0, 0.05) is 0 Å². The van der Waals surface area contributed by atoms with Gasteiger partial charge in [-0.2, -0.15) is 31.6 Å². The van der Waals surface area contributed by atoms with Crippen LogP contribution in [0.4, 0.5) is 26.3 Å². The molecule has 0 heterocycles. The smallest absolute Gasteiger partial charge is 0.422 e. The zero-order chi connectivity index (χ0) is 14.0. The second-order valence-electron chi connectivity index (χ2n) is 3.22. The van der Waals surface area contributed by atoms with Crippen LogP contribution in [0.2, 0.25) is 0 Å². The van der Waals surface area contributed by atoms with Gasteiger partial charge in [-0.05, 0) is 18.2 Å². The molecule has 18 heavy (non-hydrogen) atoms. The molecule has 0 fully saturated rings. The van der Waals surface area contributed by atoms with Crippen molar-refractivity contribution in [3.8, 4) is 11.8 Å². The quantitative estimate of drug-likeness (QED) is 0.769. The molecule has 0 bridgehead atoms. The highest BCUT2D eigenvalue weighted by molar-refractivity contribution is 5.44. The van der Waals surface area contributed by atoms with Crippen LogP contribution in [0.25, 0.3) is 0 Å². The minimum atomic E-state index is -4.74. The van der Waals surface area contributed by atoms with E-state index in [1.54, 1.807) is 0 Å². The number of rotatable bonds is 2. The maximum absolute atomic E-state index is 12.4. The van der Waals surface area contributed by atoms with Gasteiger partial charge in [0.05, 0.1) is 17.2 Å². The summed E-state index contributed by atoms with van der Waals surface area (Å²) in [7, 11) is 0. The summed E-state index contributed by atoms with van der Waals surface area (Å²) in [6.07, 6.45) is -9.34. The minimum Gasteiger partial charge on any atom is -0.484 e. The molecule has 0 atom stereocenters. The second-order valence-corrected chi connectivity index (χ2v) is 3.22. The van der Waals surface area contributed by atoms with Crippen LogP contribution in [0.5, 0.6) is 5.75 Å². The van der Waals surface area contributed by atoms with E-state index in [2.05, 4.69) is 4.74 Å². The Hall–Kier alpha value is -1.91. The number of ether oxygens (including phenoxy) is 1. The Bertz CT molecular complexity index is 471. The number of hydrogen-bond acceptors (Lipinski definition) is 2. The van der Waals surface area contributed by atoms with Gasteiger partial charge in [0.2, 0.25) is 0 Å². The van der Waals surface area contributed by atoms with E-state index in [1.165, 1.54) is 6.07 Å². The monoisotopic (exact) mass is 269 g/mol. The Morgan fingerprint density at radius 1 is 1.11 bits per heavy atom. The van der Waals surface area contributed by atoms with Gasteiger partial charge in [-0.25, -0.2) is 0 Å². The van der Waals surface area contributed by atoms with Crippen molar-refractivity contribution in [3.05, 3.63) is 29.3 Å². The Labute approximate surface area is 97.4 Å². The predicted octanol–water partition coefficient (Wildman–Crippen LogP) is 3.52. The van der Waals surface area contributed by atoms with Gasteiger partial charge in [0.1, 0.15) is 5.75 Å². The molecule has 1 rings (SSSR count). The summed E-state index contributed by atoms with van der Waals surface area (Å²) in [4.78, 5) is 0. The average Bonchev–Trinajstić information content (AvgIpc) is 2.23. The van der Waals surface area contributed by atoms with Crippen molar-refractivity contribution in [1.82, 2.24) is 0 Å². The lowest BCUT2D eigenvalue weighted by Gasteiger charge is -2.12. The Morgan fingerprint density at radius 2 is 1.72 bits per heavy atom. The summed E-state index contributed by atoms with van der Waals surface area (Å²) >= 11 is 0. The number of halogens is 6. The van der Waals surface area contributed by atoms with Crippen molar-refractivity contribution in [2.45, 2.75) is 12.4 Å². The fourth-order valence-corrected chi connectivity index (χ4v) is 1.12. The van der Waals surface area contributed by atoms with Crippen LogP contribution in [0, 0.1) is 11.3 Å². The van der Waals surface area contributed by atoms with E-state index in [0.29, 0.717) is 12.1 Å². The molecule has 0 aliphatic rings. The number of nitrogens with zero attached hydrogens (tertiary/aromatic N) is 1. The lowest BCUT2D eigenvalue weighted by Crippen LogP contribution is -2.19. The highest BCUT2D eigenvalue weighted by Gasteiger charge is 2.34. The number of alkyl halides is 6. The lowest BCUT2D eigenvalue weighted by atomic mass is 10.1. The lowest BCUT2D eigenvalue weighted by molar-refractivity contribution is -0.153. The molecule has 0 aromatic heterocycles. The first-order chi connectivity index (χ1) is 8.13. The molecule has 0 aliphatic heterocycles. The zero-order valence-electron chi connectivity index (χ0n) is 8.56. The standard InChI is InChI=1S/C10H5F6NO/c11-9(12,13)5-18-7-1-2-8(10(14,15)16)6(3-7)4-17/h1-3H,5H2. The van der Waals surface area contributed by atoms with E-state index in [-0.39, 0.29) is 0 Å². The fraction of sp³-hybridized carbons (Fsp3) is 0.300. The van der Waals surface area contributed by atoms with Gasteiger partial charge in [-0.3, -0.25) is 0 Å².